The molecule has 2 aromatic rings. The van der Waals surface area contributed by atoms with E-state index in [0.717, 1.165) is 6.54 Å². The molecule has 0 saturated heterocycles. The summed E-state index contributed by atoms with van der Waals surface area (Å²) in [4.78, 5) is 0. The lowest BCUT2D eigenvalue weighted by Crippen LogP contribution is -2.08. The van der Waals surface area contributed by atoms with Gasteiger partial charge in [0.05, 0.1) is 19.8 Å². The van der Waals surface area contributed by atoms with Gasteiger partial charge in [-0.2, -0.15) is 0 Å². The van der Waals surface area contributed by atoms with Crippen molar-refractivity contribution in [2.24, 2.45) is 5.73 Å². The molecule has 1 aromatic carbocycles. The van der Waals surface area contributed by atoms with Gasteiger partial charge in [0.1, 0.15) is 0 Å². The summed E-state index contributed by atoms with van der Waals surface area (Å²) >= 11 is 0. The first-order valence-electron chi connectivity index (χ1n) is 6.20. The maximum absolute atomic E-state index is 5.73. The summed E-state index contributed by atoms with van der Waals surface area (Å²) in [6, 6.07) is 8.35. The fraction of sp³-hybridized carbons (Fsp3) is 0.429. The van der Waals surface area contributed by atoms with Crippen LogP contribution >= 0.6 is 0 Å². The molecule has 0 bridgehead atoms. The molecule has 0 spiro atoms. The van der Waals surface area contributed by atoms with Gasteiger partial charge in [0.15, 0.2) is 0 Å². The lowest BCUT2D eigenvalue weighted by molar-refractivity contribution is 0.0670. The second-order valence-electron chi connectivity index (χ2n) is 4.17. The predicted molar refractivity (Wildman–Crippen MR) is 72.5 cm³/mol. The molecule has 1 aromatic heterocycles. The molecule has 0 saturated carbocycles. The molecular weight excluding hydrogens is 228 g/mol. The van der Waals surface area contributed by atoms with Crippen LogP contribution in [0.1, 0.15) is 5.56 Å². The van der Waals surface area contributed by atoms with Crippen LogP contribution in [0.25, 0.3) is 10.9 Å². The van der Waals surface area contributed by atoms with Gasteiger partial charge in [-0.3, -0.25) is 0 Å². The van der Waals surface area contributed by atoms with Crippen molar-refractivity contribution in [1.82, 2.24) is 4.57 Å². The Bertz CT molecular complexity index is 493. The number of methoxy groups -OCH3 is 1. The van der Waals surface area contributed by atoms with Crippen molar-refractivity contribution in [2.75, 3.05) is 26.9 Å². The van der Waals surface area contributed by atoms with Gasteiger partial charge in [0.2, 0.25) is 0 Å². The molecule has 4 nitrogen and oxygen atoms in total. The molecule has 0 atom stereocenters. The Balaban J connectivity index is 2.01. The van der Waals surface area contributed by atoms with Crippen molar-refractivity contribution >= 4 is 10.9 Å². The van der Waals surface area contributed by atoms with Crippen molar-refractivity contribution in [1.29, 1.82) is 0 Å². The van der Waals surface area contributed by atoms with Crippen molar-refractivity contribution in [3.05, 3.63) is 36.0 Å². The van der Waals surface area contributed by atoms with E-state index < -0.39 is 0 Å². The smallest absolute Gasteiger partial charge is 0.0701 e. The molecule has 0 radical (unpaired) electrons. The molecule has 2 N–H and O–H groups in total. The molecule has 18 heavy (non-hydrogen) atoms. The Hall–Kier alpha value is -1.36. The summed E-state index contributed by atoms with van der Waals surface area (Å²) in [5.41, 5.74) is 8.13. The van der Waals surface area contributed by atoms with Crippen LogP contribution in [0.15, 0.2) is 30.5 Å². The van der Waals surface area contributed by atoms with Gasteiger partial charge >= 0.3 is 0 Å². The Kier molecular flexibility index (Phi) is 4.75. The fourth-order valence-corrected chi connectivity index (χ4v) is 2.07. The summed E-state index contributed by atoms with van der Waals surface area (Å²) in [6.45, 7) is 3.40. The van der Waals surface area contributed by atoms with Gasteiger partial charge in [0, 0.05) is 37.3 Å². The minimum Gasteiger partial charge on any atom is -0.382 e. The normalized spacial score (nSPS) is 11.2. The molecule has 0 fully saturated rings. The molecule has 1 heterocycles. The second-order valence-corrected chi connectivity index (χ2v) is 4.17. The molecule has 0 amide bonds. The number of aromatic nitrogens is 1. The first-order valence-corrected chi connectivity index (χ1v) is 6.20. The van der Waals surface area contributed by atoms with E-state index in [-0.39, 0.29) is 0 Å². The number of rotatable bonds is 7. The number of fused-ring (bicyclic) bond motifs is 1. The van der Waals surface area contributed by atoms with E-state index in [2.05, 4.69) is 29.0 Å². The lowest BCUT2D eigenvalue weighted by atomic mass is 10.1. The van der Waals surface area contributed by atoms with E-state index >= 15 is 0 Å². The first-order chi connectivity index (χ1) is 8.86. The van der Waals surface area contributed by atoms with Crippen LogP contribution in [0.3, 0.4) is 0 Å². The molecular formula is C14H20N2O2. The van der Waals surface area contributed by atoms with Crippen LogP contribution in [0.2, 0.25) is 0 Å². The zero-order valence-corrected chi connectivity index (χ0v) is 10.8. The van der Waals surface area contributed by atoms with E-state index in [1.165, 1.54) is 16.5 Å². The van der Waals surface area contributed by atoms with E-state index in [1.54, 1.807) is 7.11 Å². The summed E-state index contributed by atoms with van der Waals surface area (Å²) < 4.78 is 12.6. The Morgan fingerprint density at radius 2 is 2.06 bits per heavy atom. The first kappa shape index (κ1) is 13.1. The average molecular weight is 248 g/mol. The molecule has 2 rings (SSSR count). The van der Waals surface area contributed by atoms with Gasteiger partial charge in [0.25, 0.3) is 0 Å². The number of nitrogens with zero attached hydrogens (tertiary/aromatic N) is 1. The predicted octanol–water partition coefficient (Wildman–Crippen LogP) is 1.76. The van der Waals surface area contributed by atoms with Crippen LogP contribution < -0.4 is 5.73 Å². The minimum absolute atomic E-state index is 0.575. The van der Waals surface area contributed by atoms with Crippen molar-refractivity contribution in [3.63, 3.8) is 0 Å². The number of ether oxygens (including phenoxy) is 2. The molecule has 98 valence electrons. The highest BCUT2D eigenvalue weighted by Crippen LogP contribution is 2.19. The fourth-order valence-electron chi connectivity index (χ4n) is 2.07. The molecule has 0 unspecified atom stereocenters. The monoisotopic (exact) mass is 248 g/mol. The van der Waals surface area contributed by atoms with E-state index in [9.17, 15) is 0 Å². The van der Waals surface area contributed by atoms with E-state index in [1.807, 2.05) is 6.07 Å². The number of hydrogen-bond donors (Lipinski definition) is 1. The standard InChI is InChI=1S/C14H20N2O2/c1-17-9-10-18-8-7-16-6-5-13-12(11-15)3-2-4-14(13)16/h2-6H,7-11,15H2,1H3. The third-order valence-corrected chi connectivity index (χ3v) is 3.03. The maximum atomic E-state index is 5.73. The minimum atomic E-state index is 0.575. The van der Waals surface area contributed by atoms with Crippen LogP contribution in [0.4, 0.5) is 0 Å². The molecule has 0 aliphatic heterocycles. The van der Waals surface area contributed by atoms with E-state index in [0.29, 0.717) is 26.4 Å². The quantitative estimate of drug-likeness (QED) is 0.760. The van der Waals surface area contributed by atoms with Crippen molar-refractivity contribution in [2.45, 2.75) is 13.1 Å². The van der Waals surface area contributed by atoms with Gasteiger partial charge in [-0.1, -0.05) is 12.1 Å². The summed E-state index contributed by atoms with van der Waals surface area (Å²) in [6.07, 6.45) is 2.09. The summed E-state index contributed by atoms with van der Waals surface area (Å²) in [5.74, 6) is 0. The van der Waals surface area contributed by atoms with Gasteiger partial charge in [-0.25, -0.2) is 0 Å². The van der Waals surface area contributed by atoms with Crippen molar-refractivity contribution < 1.29 is 9.47 Å². The third kappa shape index (κ3) is 2.90. The summed E-state index contributed by atoms with van der Waals surface area (Å²) in [7, 11) is 1.68. The number of benzene rings is 1. The molecule has 4 heteroatoms. The number of hydrogen-bond acceptors (Lipinski definition) is 3. The van der Waals surface area contributed by atoms with Crippen LogP contribution in [-0.2, 0) is 22.6 Å². The Morgan fingerprint density at radius 1 is 1.17 bits per heavy atom. The van der Waals surface area contributed by atoms with Gasteiger partial charge in [-0.05, 0) is 17.7 Å². The van der Waals surface area contributed by atoms with Crippen LogP contribution in [0, 0.1) is 0 Å². The number of nitrogens with two attached hydrogens (primary N) is 1. The largest absolute Gasteiger partial charge is 0.382 e. The van der Waals surface area contributed by atoms with Gasteiger partial charge < -0.3 is 19.8 Å². The molecule has 0 aliphatic carbocycles. The highest BCUT2D eigenvalue weighted by Gasteiger charge is 2.03. The summed E-state index contributed by atoms with van der Waals surface area (Å²) in [5, 5.41) is 1.23. The van der Waals surface area contributed by atoms with Crippen molar-refractivity contribution in [3.8, 4) is 0 Å². The Labute approximate surface area is 107 Å². The van der Waals surface area contributed by atoms with Gasteiger partial charge in [-0.15, -0.1) is 0 Å². The average Bonchev–Trinajstić information content (AvgIpc) is 2.82. The van der Waals surface area contributed by atoms with E-state index in [4.69, 9.17) is 15.2 Å². The van der Waals surface area contributed by atoms with Crippen LogP contribution in [0.5, 0.6) is 0 Å². The third-order valence-electron chi connectivity index (χ3n) is 3.03. The second kappa shape index (κ2) is 6.54. The lowest BCUT2D eigenvalue weighted by Gasteiger charge is -2.07. The highest BCUT2D eigenvalue weighted by atomic mass is 16.5. The highest BCUT2D eigenvalue weighted by molar-refractivity contribution is 5.83. The SMILES string of the molecule is COCCOCCn1ccc2c(CN)cccc21. The van der Waals surface area contributed by atoms with Crippen LogP contribution in [-0.4, -0.2) is 31.5 Å². The maximum Gasteiger partial charge on any atom is 0.0701 e. The zero-order chi connectivity index (χ0) is 12.8. The topological polar surface area (TPSA) is 49.4 Å². The zero-order valence-electron chi connectivity index (χ0n) is 10.8. The Morgan fingerprint density at radius 3 is 2.83 bits per heavy atom. The molecule has 0 aliphatic rings.